The van der Waals surface area contributed by atoms with Crippen molar-refractivity contribution in [3.63, 3.8) is 0 Å². The molecule has 0 amide bonds. The lowest BCUT2D eigenvalue weighted by Gasteiger charge is -2.16. The molecule has 190 valence electrons. The lowest BCUT2D eigenvalue weighted by molar-refractivity contribution is 0.308. The normalized spacial score (nSPS) is 13.6. The number of fused-ring (bicyclic) bond motifs is 1. The van der Waals surface area contributed by atoms with Gasteiger partial charge >= 0.3 is 0 Å². The zero-order valence-electron chi connectivity index (χ0n) is 21.4. The van der Waals surface area contributed by atoms with Crippen molar-refractivity contribution in [3.8, 4) is 17.0 Å². The van der Waals surface area contributed by atoms with Crippen LogP contribution >= 0.6 is 23.5 Å². The van der Waals surface area contributed by atoms with Crippen molar-refractivity contribution in [2.24, 2.45) is 7.05 Å². The summed E-state index contributed by atoms with van der Waals surface area (Å²) in [6.45, 7) is 7.05. The number of ether oxygens (including phenoxy) is 1. The van der Waals surface area contributed by atoms with E-state index in [-0.39, 0.29) is 0 Å². The van der Waals surface area contributed by atoms with Crippen LogP contribution in [-0.4, -0.2) is 25.0 Å². The third-order valence-corrected chi connectivity index (χ3v) is 7.75. The fourth-order valence-corrected chi connectivity index (χ4v) is 5.80. The molecule has 0 unspecified atom stereocenters. The van der Waals surface area contributed by atoms with Gasteiger partial charge < -0.3 is 4.74 Å². The number of pyridine rings is 2. The summed E-state index contributed by atoms with van der Waals surface area (Å²) in [5.74, 6) is 0.733. The van der Waals surface area contributed by atoms with E-state index in [1.165, 1.54) is 25.7 Å². The highest BCUT2D eigenvalue weighted by Crippen LogP contribution is 2.34. The summed E-state index contributed by atoms with van der Waals surface area (Å²) in [7, 11) is 1.95. The second kappa shape index (κ2) is 12.6. The van der Waals surface area contributed by atoms with E-state index in [0.717, 1.165) is 44.7 Å². The number of hydrogen-bond acceptors (Lipinski definition) is 6. The molecule has 0 radical (unpaired) electrons. The largest absolute Gasteiger partial charge is 0.487 e. The molecule has 36 heavy (non-hydrogen) atoms. The molecule has 3 heterocycles. The predicted octanol–water partition coefficient (Wildman–Crippen LogP) is 7.28. The number of benzene rings is 1. The Bertz CT molecular complexity index is 1300. The zero-order valence-corrected chi connectivity index (χ0v) is 23.0. The minimum Gasteiger partial charge on any atom is -0.487 e. The molecular formula is C28H34ClN5OS. The van der Waals surface area contributed by atoms with E-state index < -0.39 is 0 Å². The Balaban J connectivity index is 0.00000148. The number of aryl methyl sites for hydroxylation is 2. The monoisotopic (exact) mass is 523 g/mol. The van der Waals surface area contributed by atoms with Crippen LogP contribution in [0.3, 0.4) is 0 Å². The van der Waals surface area contributed by atoms with Crippen molar-refractivity contribution >= 4 is 34.5 Å². The standard InChI is InChI=1S/C26H28ClN5OS.C2H6/c1-17-12-21(24-10-11-29-32(24)2)20-8-5-9-25(26(20)31-17)33-16-22-18(13-28-15-23(22)27)14-30-34-19-6-3-4-7-19;1-2/h5,8-13,15,19,30H,3-4,6-7,14,16H2,1-2H3;1-2H3. The Morgan fingerprint density at radius 2 is 1.97 bits per heavy atom. The molecule has 4 aromatic rings. The lowest BCUT2D eigenvalue weighted by Crippen LogP contribution is -2.12. The number of rotatable bonds is 8. The maximum absolute atomic E-state index is 6.55. The van der Waals surface area contributed by atoms with Crippen molar-refractivity contribution in [1.29, 1.82) is 0 Å². The molecular weight excluding hydrogens is 490 g/mol. The summed E-state index contributed by atoms with van der Waals surface area (Å²) < 4.78 is 11.7. The first-order valence-electron chi connectivity index (χ1n) is 12.6. The summed E-state index contributed by atoms with van der Waals surface area (Å²) in [5, 5.41) is 6.68. The van der Waals surface area contributed by atoms with Gasteiger partial charge in [0.25, 0.3) is 0 Å². The van der Waals surface area contributed by atoms with Crippen molar-refractivity contribution in [2.45, 2.75) is 64.9 Å². The summed E-state index contributed by atoms with van der Waals surface area (Å²) in [4.78, 5) is 9.11. The van der Waals surface area contributed by atoms with Gasteiger partial charge in [0.1, 0.15) is 17.9 Å². The van der Waals surface area contributed by atoms with Crippen LogP contribution in [0.15, 0.2) is 48.9 Å². The average Bonchev–Trinajstić information content (AvgIpc) is 3.56. The number of halogens is 1. The fraction of sp³-hybridized carbons (Fsp3) is 0.393. The molecule has 3 aromatic heterocycles. The fourth-order valence-electron chi connectivity index (χ4n) is 4.53. The van der Waals surface area contributed by atoms with E-state index in [1.54, 1.807) is 6.20 Å². The Morgan fingerprint density at radius 1 is 1.17 bits per heavy atom. The molecule has 1 aliphatic carbocycles. The molecule has 6 nitrogen and oxygen atoms in total. The lowest BCUT2D eigenvalue weighted by atomic mass is 10.0. The molecule has 0 spiro atoms. The minimum atomic E-state index is 0.349. The van der Waals surface area contributed by atoms with Crippen LogP contribution in [-0.2, 0) is 20.2 Å². The number of nitrogens with zero attached hydrogens (tertiary/aromatic N) is 4. The molecule has 0 saturated heterocycles. The summed E-state index contributed by atoms with van der Waals surface area (Å²) in [6.07, 6.45) is 10.6. The minimum absolute atomic E-state index is 0.349. The van der Waals surface area contributed by atoms with Crippen LogP contribution in [0.2, 0.25) is 5.02 Å². The Hall–Kier alpha value is -2.61. The smallest absolute Gasteiger partial charge is 0.146 e. The van der Waals surface area contributed by atoms with Gasteiger partial charge in [-0.3, -0.25) is 14.4 Å². The molecule has 1 saturated carbocycles. The van der Waals surface area contributed by atoms with Crippen LogP contribution < -0.4 is 9.46 Å². The second-order valence-electron chi connectivity index (χ2n) is 8.70. The molecule has 8 heteroatoms. The van der Waals surface area contributed by atoms with Gasteiger partial charge in [-0.1, -0.05) is 62.4 Å². The summed E-state index contributed by atoms with van der Waals surface area (Å²) >= 11 is 8.39. The van der Waals surface area contributed by atoms with E-state index in [9.17, 15) is 0 Å². The van der Waals surface area contributed by atoms with E-state index in [4.69, 9.17) is 21.3 Å². The van der Waals surface area contributed by atoms with Crippen LogP contribution in [0.4, 0.5) is 0 Å². The van der Waals surface area contributed by atoms with Gasteiger partial charge in [0.15, 0.2) is 0 Å². The average molecular weight is 524 g/mol. The van der Waals surface area contributed by atoms with Gasteiger partial charge in [0.2, 0.25) is 0 Å². The van der Waals surface area contributed by atoms with Crippen LogP contribution in [0.25, 0.3) is 22.2 Å². The molecule has 0 atom stereocenters. The molecule has 1 N–H and O–H groups in total. The van der Waals surface area contributed by atoms with Gasteiger partial charge in [-0.05, 0) is 43.5 Å². The number of hydrogen-bond donors (Lipinski definition) is 1. The van der Waals surface area contributed by atoms with Gasteiger partial charge in [-0.15, -0.1) is 0 Å². The third kappa shape index (κ3) is 6.02. The molecule has 0 bridgehead atoms. The maximum Gasteiger partial charge on any atom is 0.146 e. The van der Waals surface area contributed by atoms with Crippen molar-refractivity contribution < 1.29 is 4.74 Å². The topological polar surface area (TPSA) is 64.9 Å². The Labute approximate surface area is 223 Å². The van der Waals surface area contributed by atoms with Gasteiger partial charge in [0, 0.05) is 59.6 Å². The van der Waals surface area contributed by atoms with Crippen molar-refractivity contribution in [2.75, 3.05) is 0 Å². The zero-order chi connectivity index (χ0) is 25.5. The quantitative estimate of drug-likeness (QED) is 0.245. The van der Waals surface area contributed by atoms with E-state index >= 15 is 0 Å². The first-order chi connectivity index (χ1) is 17.6. The first kappa shape index (κ1) is 26.5. The van der Waals surface area contributed by atoms with Gasteiger partial charge in [-0.2, -0.15) is 5.10 Å². The van der Waals surface area contributed by atoms with Crippen LogP contribution in [0.1, 0.15) is 56.4 Å². The first-order valence-corrected chi connectivity index (χ1v) is 13.9. The highest BCUT2D eigenvalue weighted by Gasteiger charge is 2.17. The summed E-state index contributed by atoms with van der Waals surface area (Å²) in [5.41, 5.74) is 5.89. The Kier molecular flexibility index (Phi) is 9.24. The van der Waals surface area contributed by atoms with E-state index in [0.29, 0.717) is 23.4 Å². The second-order valence-corrected chi connectivity index (χ2v) is 10.3. The summed E-state index contributed by atoms with van der Waals surface area (Å²) in [6, 6.07) is 10.1. The number of aromatic nitrogens is 4. The van der Waals surface area contributed by atoms with Crippen LogP contribution in [0.5, 0.6) is 5.75 Å². The molecule has 0 aliphatic heterocycles. The molecule has 1 aromatic carbocycles. The third-order valence-electron chi connectivity index (χ3n) is 6.31. The molecule has 1 aliphatic rings. The highest BCUT2D eigenvalue weighted by atomic mass is 35.5. The molecule has 5 rings (SSSR count). The number of para-hydroxylation sites is 1. The van der Waals surface area contributed by atoms with Gasteiger partial charge in [0.05, 0.1) is 10.7 Å². The van der Waals surface area contributed by atoms with Crippen molar-refractivity contribution in [1.82, 2.24) is 24.5 Å². The predicted molar refractivity (Wildman–Crippen MR) is 150 cm³/mol. The van der Waals surface area contributed by atoms with Crippen molar-refractivity contribution in [3.05, 3.63) is 70.8 Å². The van der Waals surface area contributed by atoms with Gasteiger partial charge in [-0.25, -0.2) is 4.98 Å². The highest BCUT2D eigenvalue weighted by molar-refractivity contribution is 7.98. The van der Waals surface area contributed by atoms with E-state index in [1.807, 2.05) is 75.0 Å². The molecule has 1 fully saturated rings. The maximum atomic E-state index is 6.55. The SMILES string of the molecule is CC.Cc1cc(-c2ccnn2C)c2cccc(OCc3c(Cl)cncc3CNSC3CCCC3)c2n1. The number of nitrogens with one attached hydrogen (secondary N) is 1. The van der Waals surface area contributed by atoms with Crippen LogP contribution in [0, 0.1) is 6.92 Å². The van der Waals surface area contributed by atoms with E-state index in [2.05, 4.69) is 26.9 Å². The Morgan fingerprint density at radius 3 is 2.72 bits per heavy atom.